The van der Waals surface area contributed by atoms with Crippen molar-refractivity contribution in [2.45, 2.75) is 86.9 Å². The molecule has 5 rings (SSSR count). The summed E-state index contributed by atoms with van der Waals surface area (Å²) in [5.74, 6) is -1.41. The van der Waals surface area contributed by atoms with E-state index in [2.05, 4.69) is 29.1 Å². The second-order valence-electron chi connectivity index (χ2n) is 12.4. The topological polar surface area (TPSA) is 99.6 Å². The molecule has 10 heteroatoms. The number of hydrogen-bond donors (Lipinski definition) is 1. The third-order valence-corrected chi connectivity index (χ3v) is 10.6. The van der Waals surface area contributed by atoms with E-state index in [9.17, 15) is 19.5 Å². The van der Waals surface area contributed by atoms with Crippen LogP contribution in [0.1, 0.15) is 58.3 Å². The van der Waals surface area contributed by atoms with Gasteiger partial charge in [-0.25, -0.2) is 0 Å². The number of carbonyl (C=O) groups is 3. The highest BCUT2D eigenvalue weighted by molar-refractivity contribution is 9.09. The molecule has 0 radical (unpaired) electrons. The Morgan fingerprint density at radius 1 is 1.11 bits per heavy atom. The van der Waals surface area contributed by atoms with Gasteiger partial charge in [-0.3, -0.25) is 14.4 Å². The van der Waals surface area contributed by atoms with Gasteiger partial charge in [0.15, 0.2) is 0 Å². The highest BCUT2D eigenvalue weighted by Crippen LogP contribution is 2.60. The molecule has 44 heavy (non-hydrogen) atoms. The van der Waals surface area contributed by atoms with E-state index in [1.54, 1.807) is 22.0 Å². The van der Waals surface area contributed by atoms with Gasteiger partial charge in [0.1, 0.15) is 17.4 Å². The zero-order chi connectivity index (χ0) is 31.4. The molecule has 2 bridgehead atoms. The molecule has 3 unspecified atom stereocenters. The molecule has 240 valence electrons. The summed E-state index contributed by atoms with van der Waals surface area (Å²) >= 11 is 3.79. The van der Waals surface area contributed by atoms with E-state index in [0.717, 1.165) is 32.1 Å². The summed E-state index contributed by atoms with van der Waals surface area (Å²) in [6.45, 7) is 11.2. The monoisotopic (exact) mass is 671 g/mol. The number of halogens is 1. The van der Waals surface area contributed by atoms with E-state index in [1.165, 1.54) is 0 Å². The number of benzene rings is 1. The van der Waals surface area contributed by atoms with E-state index in [0.29, 0.717) is 50.4 Å². The Hall–Kier alpha value is -2.69. The van der Waals surface area contributed by atoms with Crippen molar-refractivity contribution < 1.29 is 29.0 Å². The summed E-state index contributed by atoms with van der Waals surface area (Å²) in [4.78, 5) is 48.7. The molecule has 4 fully saturated rings. The second-order valence-corrected chi connectivity index (χ2v) is 13.5. The zero-order valence-electron chi connectivity index (χ0n) is 25.7. The van der Waals surface area contributed by atoms with Gasteiger partial charge in [-0.2, -0.15) is 0 Å². The lowest BCUT2D eigenvalue weighted by molar-refractivity contribution is -0.150. The Bertz CT molecular complexity index is 1220. The predicted octanol–water partition coefficient (Wildman–Crippen LogP) is 4.47. The highest BCUT2D eigenvalue weighted by Gasteiger charge is 2.77. The quantitative estimate of drug-likeness (QED) is 0.178. The van der Waals surface area contributed by atoms with Gasteiger partial charge in [0.2, 0.25) is 17.7 Å². The fourth-order valence-electron chi connectivity index (χ4n) is 7.95. The lowest BCUT2D eigenvalue weighted by Crippen LogP contribution is -2.59. The Morgan fingerprint density at radius 3 is 2.45 bits per heavy atom. The summed E-state index contributed by atoms with van der Waals surface area (Å²) in [5, 5.41) is 9.50. The number of carbonyl (C=O) groups excluding carboxylic acids is 3. The van der Waals surface area contributed by atoms with E-state index < -0.39 is 29.6 Å². The minimum Gasteiger partial charge on any atom is -0.494 e. The van der Waals surface area contributed by atoms with Crippen LogP contribution in [-0.4, -0.2) is 94.1 Å². The van der Waals surface area contributed by atoms with Gasteiger partial charge < -0.3 is 29.3 Å². The van der Waals surface area contributed by atoms with Gasteiger partial charge in [0.05, 0.1) is 24.5 Å². The standard InChI is InChI=1S/C34H46BrN3O6/c1-4-18-36(24-14-16-25(17-15-24)43-6-3)31(40)27-28-32(41)38(20-10-11-21-39)30(34(28)22-26(35)29(27)44-34)33(42)37(19-5-2)23-12-8-7-9-13-23/h4-5,14-17,23,26-30,39H,1-2,6-13,18-22H2,3H3/t26?,27-,28-,29-,30?,34?/m0/s1. The van der Waals surface area contributed by atoms with Crippen molar-refractivity contribution in [3.05, 3.63) is 49.6 Å². The van der Waals surface area contributed by atoms with Crippen LogP contribution in [0.15, 0.2) is 49.6 Å². The molecule has 1 saturated carbocycles. The molecule has 0 aromatic heterocycles. The Labute approximate surface area is 269 Å². The number of nitrogens with zero attached hydrogens (tertiary/aromatic N) is 3. The number of aliphatic hydroxyl groups excluding tert-OH is 1. The van der Waals surface area contributed by atoms with Crippen molar-refractivity contribution in [2.24, 2.45) is 11.8 Å². The summed E-state index contributed by atoms with van der Waals surface area (Å²) < 4.78 is 12.4. The molecule has 1 aliphatic carbocycles. The maximum atomic E-state index is 14.7. The predicted molar refractivity (Wildman–Crippen MR) is 173 cm³/mol. The van der Waals surface area contributed by atoms with Gasteiger partial charge in [-0.15, -0.1) is 13.2 Å². The van der Waals surface area contributed by atoms with Crippen LogP contribution in [0, 0.1) is 11.8 Å². The molecule has 3 aliphatic heterocycles. The molecule has 3 amide bonds. The first-order chi connectivity index (χ1) is 21.3. The van der Waals surface area contributed by atoms with Gasteiger partial charge in [-0.05, 0) is 63.3 Å². The van der Waals surface area contributed by atoms with Crippen molar-refractivity contribution in [2.75, 3.05) is 37.7 Å². The molecule has 1 N–H and O–H groups in total. The average molecular weight is 673 g/mol. The number of likely N-dealkylation sites (tertiary alicyclic amines) is 1. The van der Waals surface area contributed by atoms with Crippen LogP contribution < -0.4 is 9.64 Å². The molecule has 4 aliphatic rings. The number of unbranched alkanes of at least 4 members (excludes halogenated alkanes) is 1. The number of ether oxygens (including phenoxy) is 2. The van der Waals surface area contributed by atoms with Crippen LogP contribution in [0.25, 0.3) is 0 Å². The van der Waals surface area contributed by atoms with Crippen LogP contribution in [0.4, 0.5) is 5.69 Å². The van der Waals surface area contributed by atoms with E-state index >= 15 is 0 Å². The van der Waals surface area contributed by atoms with Crippen molar-refractivity contribution in [1.82, 2.24) is 9.80 Å². The molecule has 9 nitrogen and oxygen atoms in total. The summed E-state index contributed by atoms with van der Waals surface area (Å²) in [5.41, 5.74) is -0.451. The number of fused-ring (bicyclic) bond motifs is 1. The third-order valence-electron chi connectivity index (χ3n) is 9.78. The number of rotatable bonds is 14. The minimum atomic E-state index is -1.13. The largest absolute Gasteiger partial charge is 0.494 e. The van der Waals surface area contributed by atoms with E-state index in [4.69, 9.17) is 9.47 Å². The van der Waals surface area contributed by atoms with Gasteiger partial charge in [-0.1, -0.05) is 47.3 Å². The molecule has 3 saturated heterocycles. The summed E-state index contributed by atoms with van der Waals surface area (Å²) in [6, 6.07) is 6.56. The fourth-order valence-corrected chi connectivity index (χ4v) is 8.90. The smallest absolute Gasteiger partial charge is 0.248 e. The molecule has 1 spiro atoms. The Balaban J connectivity index is 1.52. The molecule has 3 heterocycles. The SMILES string of the molecule is C=CCN(C(=O)[C@H]1[C@H]2C(=O)N(CCCCO)C(C(=O)N(CC=C)C3CCCCC3)C23CC(Br)[C@@H]1O3)c1ccc(OCC)cc1. The molecular formula is C34H46BrN3O6. The maximum absolute atomic E-state index is 14.7. The van der Waals surface area contributed by atoms with Crippen LogP contribution in [-0.2, 0) is 19.1 Å². The fraction of sp³-hybridized carbons (Fsp3) is 0.618. The maximum Gasteiger partial charge on any atom is 0.248 e. The number of hydrogen-bond acceptors (Lipinski definition) is 6. The van der Waals surface area contributed by atoms with E-state index in [1.807, 2.05) is 36.1 Å². The van der Waals surface area contributed by atoms with Gasteiger partial charge >= 0.3 is 0 Å². The Morgan fingerprint density at radius 2 is 1.82 bits per heavy atom. The summed E-state index contributed by atoms with van der Waals surface area (Å²) in [7, 11) is 0. The highest BCUT2D eigenvalue weighted by atomic mass is 79.9. The van der Waals surface area contributed by atoms with Gasteiger partial charge in [0.25, 0.3) is 0 Å². The van der Waals surface area contributed by atoms with Crippen LogP contribution in [0.3, 0.4) is 0 Å². The van der Waals surface area contributed by atoms with Crippen LogP contribution in [0.2, 0.25) is 0 Å². The van der Waals surface area contributed by atoms with Crippen molar-refractivity contribution in [3.8, 4) is 5.75 Å². The normalized spacial score (nSPS) is 29.4. The number of anilines is 1. The third kappa shape index (κ3) is 5.85. The average Bonchev–Trinajstić information content (AvgIpc) is 3.62. The second kappa shape index (κ2) is 14.2. The molecule has 1 aromatic carbocycles. The molecular weight excluding hydrogens is 626 g/mol. The van der Waals surface area contributed by atoms with Crippen LogP contribution in [0.5, 0.6) is 5.75 Å². The number of alkyl halides is 1. The lowest BCUT2D eigenvalue weighted by Gasteiger charge is -2.41. The number of aliphatic hydroxyl groups is 1. The first-order valence-electron chi connectivity index (χ1n) is 16.1. The van der Waals surface area contributed by atoms with Crippen LogP contribution >= 0.6 is 15.9 Å². The lowest BCUT2D eigenvalue weighted by atomic mass is 9.70. The van der Waals surface area contributed by atoms with Crippen molar-refractivity contribution in [1.29, 1.82) is 0 Å². The molecule has 1 aromatic rings. The van der Waals surface area contributed by atoms with E-state index in [-0.39, 0.29) is 41.7 Å². The zero-order valence-corrected chi connectivity index (χ0v) is 27.3. The Kier molecular flexibility index (Phi) is 10.5. The first kappa shape index (κ1) is 32.7. The molecule has 6 atom stereocenters. The summed E-state index contributed by atoms with van der Waals surface area (Å²) in [6.07, 6.45) is 9.52. The van der Waals surface area contributed by atoms with Crippen molar-refractivity contribution in [3.63, 3.8) is 0 Å². The van der Waals surface area contributed by atoms with Gasteiger partial charge in [0, 0.05) is 42.8 Å². The first-order valence-corrected chi connectivity index (χ1v) is 17.0. The number of amides is 3. The van der Waals surface area contributed by atoms with Crippen molar-refractivity contribution >= 4 is 39.3 Å². The minimum absolute atomic E-state index is 0.00162.